The van der Waals surface area contributed by atoms with Crippen LogP contribution in [0, 0.1) is 12.8 Å². The zero-order valence-electron chi connectivity index (χ0n) is 15.5. The first-order chi connectivity index (χ1) is 12.0. The van der Waals surface area contributed by atoms with E-state index in [1.807, 2.05) is 44.4 Å². The summed E-state index contributed by atoms with van der Waals surface area (Å²) in [6, 6.07) is 5.65. The minimum Gasteiger partial charge on any atom is -0.493 e. The molecule has 1 heterocycles. The van der Waals surface area contributed by atoms with Crippen molar-refractivity contribution >= 4 is 17.2 Å². The van der Waals surface area contributed by atoms with Crippen LogP contribution in [0.25, 0.3) is 0 Å². The van der Waals surface area contributed by atoms with Crippen LogP contribution >= 0.6 is 11.3 Å². The molecule has 1 amide bonds. The smallest absolute Gasteiger partial charge is 0.227 e. The van der Waals surface area contributed by atoms with Crippen molar-refractivity contribution in [1.82, 2.24) is 10.3 Å². The second-order valence-corrected chi connectivity index (χ2v) is 7.30. The summed E-state index contributed by atoms with van der Waals surface area (Å²) in [4.78, 5) is 17.2. The predicted octanol–water partition coefficient (Wildman–Crippen LogP) is 3.57. The van der Waals surface area contributed by atoms with Gasteiger partial charge in [0.1, 0.15) is 0 Å². The van der Waals surface area contributed by atoms with E-state index in [1.165, 1.54) is 0 Å². The SMILES string of the molecule is COc1ccc(C(C(=O)NCCc2csc(C)n2)C(C)C)cc1OC. The maximum atomic E-state index is 12.7. The van der Waals surface area contributed by atoms with Gasteiger partial charge in [-0.2, -0.15) is 0 Å². The van der Waals surface area contributed by atoms with Crippen LogP contribution in [0.2, 0.25) is 0 Å². The van der Waals surface area contributed by atoms with Crippen molar-refractivity contribution in [2.24, 2.45) is 5.92 Å². The Kier molecular flexibility index (Phi) is 6.82. The van der Waals surface area contributed by atoms with Gasteiger partial charge in [-0.15, -0.1) is 11.3 Å². The molecule has 2 rings (SSSR count). The molecule has 1 unspecified atom stereocenters. The maximum absolute atomic E-state index is 12.7. The number of amides is 1. The Hall–Kier alpha value is -2.08. The highest BCUT2D eigenvalue weighted by Gasteiger charge is 2.25. The van der Waals surface area contributed by atoms with Gasteiger partial charge in [-0.25, -0.2) is 4.98 Å². The molecule has 6 heteroatoms. The molecule has 1 atom stereocenters. The monoisotopic (exact) mass is 362 g/mol. The number of carbonyl (C=O) groups is 1. The Balaban J connectivity index is 2.07. The van der Waals surface area contributed by atoms with E-state index in [-0.39, 0.29) is 17.7 Å². The molecule has 5 nitrogen and oxygen atoms in total. The van der Waals surface area contributed by atoms with E-state index in [0.29, 0.717) is 18.0 Å². The van der Waals surface area contributed by atoms with Crippen molar-refractivity contribution in [2.75, 3.05) is 20.8 Å². The van der Waals surface area contributed by atoms with Crippen LogP contribution < -0.4 is 14.8 Å². The lowest BCUT2D eigenvalue weighted by Gasteiger charge is -2.22. The summed E-state index contributed by atoms with van der Waals surface area (Å²) < 4.78 is 10.6. The minimum absolute atomic E-state index is 0.0224. The van der Waals surface area contributed by atoms with Crippen LogP contribution in [0.15, 0.2) is 23.6 Å². The zero-order valence-corrected chi connectivity index (χ0v) is 16.3. The number of nitrogens with zero attached hydrogens (tertiary/aromatic N) is 1. The number of aromatic nitrogens is 1. The fraction of sp³-hybridized carbons (Fsp3) is 0.474. The first-order valence-electron chi connectivity index (χ1n) is 8.37. The van der Waals surface area contributed by atoms with Gasteiger partial charge in [0.05, 0.1) is 30.8 Å². The molecule has 1 aromatic heterocycles. The van der Waals surface area contributed by atoms with Crippen LogP contribution in [-0.2, 0) is 11.2 Å². The van der Waals surface area contributed by atoms with Crippen molar-refractivity contribution in [2.45, 2.75) is 33.1 Å². The number of nitrogens with one attached hydrogen (secondary N) is 1. The number of aryl methyl sites for hydroxylation is 1. The highest BCUT2D eigenvalue weighted by Crippen LogP contribution is 2.33. The molecule has 1 aromatic carbocycles. The first kappa shape index (κ1) is 19.2. The molecule has 0 aliphatic heterocycles. The number of rotatable bonds is 8. The van der Waals surface area contributed by atoms with E-state index in [9.17, 15) is 4.79 Å². The summed E-state index contributed by atoms with van der Waals surface area (Å²) in [5, 5.41) is 6.13. The number of ether oxygens (including phenoxy) is 2. The molecule has 0 fully saturated rings. The third kappa shape index (κ3) is 4.95. The summed E-state index contributed by atoms with van der Waals surface area (Å²) in [6.45, 7) is 6.66. The predicted molar refractivity (Wildman–Crippen MR) is 101 cm³/mol. The second-order valence-electron chi connectivity index (χ2n) is 6.23. The van der Waals surface area contributed by atoms with Gasteiger partial charge in [-0.1, -0.05) is 19.9 Å². The third-order valence-electron chi connectivity index (χ3n) is 4.06. The van der Waals surface area contributed by atoms with Crippen LogP contribution in [0.1, 0.15) is 36.0 Å². The van der Waals surface area contributed by atoms with Crippen LogP contribution in [0.3, 0.4) is 0 Å². The van der Waals surface area contributed by atoms with Crippen LogP contribution in [0.5, 0.6) is 11.5 Å². The number of carbonyl (C=O) groups excluding carboxylic acids is 1. The van der Waals surface area contributed by atoms with Gasteiger partial charge in [0.2, 0.25) is 5.91 Å². The molecule has 0 bridgehead atoms. The van der Waals surface area contributed by atoms with Crippen molar-refractivity contribution in [3.05, 3.63) is 39.8 Å². The third-order valence-corrected chi connectivity index (χ3v) is 4.89. The van der Waals surface area contributed by atoms with Crippen molar-refractivity contribution in [1.29, 1.82) is 0 Å². The fourth-order valence-corrected chi connectivity index (χ4v) is 3.48. The molecule has 0 radical (unpaired) electrons. The molecular formula is C19H26N2O3S. The van der Waals surface area contributed by atoms with Gasteiger partial charge < -0.3 is 14.8 Å². The average molecular weight is 362 g/mol. The van der Waals surface area contributed by atoms with Crippen LogP contribution in [-0.4, -0.2) is 31.7 Å². The Morgan fingerprint density at radius 2 is 1.96 bits per heavy atom. The first-order valence-corrected chi connectivity index (χ1v) is 9.24. The molecule has 0 aliphatic carbocycles. The lowest BCUT2D eigenvalue weighted by atomic mass is 9.87. The topological polar surface area (TPSA) is 60.5 Å². The summed E-state index contributed by atoms with van der Waals surface area (Å²) in [5.74, 6) is 1.25. The number of methoxy groups -OCH3 is 2. The number of hydrogen-bond donors (Lipinski definition) is 1. The van der Waals surface area contributed by atoms with Gasteiger partial charge in [-0.05, 0) is 30.5 Å². The quantitative estimate of drug-likeness (QED) is 0.780. The Morgan fingerprint density at radius 1 is 1.24 bits per heavy atom. The second kappa shape index (κ2) is 8.85. The number of thiazole rings is 1. The molecular weight excluding hydrogens is 336 g/mol. The van der Waals surface area contributed by atoms with Crippen molar-refractivity contribution < 1.29 is 14.3 Å². The van der Waals surface area contributed by atoms with E-state index in [1.54, 1.807) is 25.6 Å². The zero-order chi connectivity index (χ0) is 18.4. The van der Waals surface area contributed by atoms with Crippen LogP contribution in [0.4, 0.5) is 0 Å². The van der Waals surface area contributed by atoms with Gasteiger partial charge >= 0.3 is 0 Å². The standard InChI is InChI=1S/C19H26N2O3S/c1-12(2)18(14-6-7-16(23-4)17(10-14)24-5)19(22)20-9-8-15-11-25-13(3)21-15/h6-7,10-12,18H,8-9H2,1-5H3,(H,20,22). The molecule has 0 aliphatic rings. The summed E-state index contributed by atoms with van der Waals surface area (Å²) in [5.41, 5.74) is 1.95. The Bertz CT molecular complexity index is 712. The van der Waals surface area contributed by atoms with E-state index in [2.05, 4.69) is 10.3 Å². The normalized spacial score (nSPS) is 12.1. The molecule has 0 spiro atoms. The highest BCUT2D eigenvalue weighted by molar-refractivity contribution is 7.09. The lowest BCUT2D eigenvalue weighted by molar-refractivity contribution is -0.123. The van der Waals surface area contributed by atoms with Crippen molar-refractivity contribution in [3.63, 3.8) is 0 Å². The number of hydrogen-bond acceptors (Lipinski definition) is 5. The van der Waals surface area contributed by atoms with Gasteiger partial charge in [0.15, 0.2) is 11.5 Å². The van der Waals surface area contributed by atoms with E-state index >= 15 is 0 Å². The Morgan fingerprint density at radius 3 is 2.52 bits per heavy atom. The Labute approximate surface area is 153 Å². The summed E-state index contributed by atoms with van der Waals surface area (Å²) >= 11 is 1.63. The molecule has 1 N–H and O–H groups in total. The van der Waals surface area contributed by atoms with Crippen molar-refractivity contribution in [3.8, 4) is 11.5 Å². The van der Waals surface area contributed by atoms with Gasteiger partial charge in [-0.3, -0.25) is 4.79 Å². The molecule has 25 heavy (non-hydrogen) atoms. The molecule has 0 saturated carbocycles. The molecule has 136 valence electrons. The summed E-state index contributed by atoms with van der Waals surface area (Å²) in [6.07, 6.45) is 0.743. The fourth-order valence-electron chi connectivity index (χ4n) is 2.83. The van der Waals surface area contributed by atoms with E-state index < -0.39 is 0 Å². The molecule has 2 aromatic rings. The van der Waals surface area contributed by atoms with Gasteiger partial charge in [0, 0.05) is 18.3 Å². The molecule has 0 saturated heterocycles. The minimum atomic E-state index is -0.239. The van der Waals surface area contributed by atoms with E-state index in [4.69, 9.17) is 9.47 Å². The summed E-state index contributed by atoms with van der Waals surface area (Å²) in [7, 11) is 3.20. The average Bonchev–Trinajstić information content (AvgIpc) is 2.99. The number of benzene rings is 1. The highest BCUT2D eigenvalue weighted by atomic mass is 32.1. The largest absolute Gasteiger partial charge is 0.493 e. The van der Waals surface area contributed by atoms with Gasteiger partial charge in [0.25, 0.3) is 0 Å². The van der Waals surface area contributed by atoms with E-state index in [0.717, 1.165) is 22.7 Å². The maximum Gasteiger partial charge on any atom is 0.227 e. The lowest BCUT2D eigenvalue weighted by Crippen LogP contribution is -2.33.